The van der Waals surface area contributed by atoms with E-state index in [0.29, 0.717) is 11.3 Å². The van der Waals surface area contributed by atoms with Gasteiger partial charge in [-0.15, -0.1) is 0 Å². The zero-order valence-electron chi connectivity index (χ0n) is 14.4. The second kappa shape index (κ2) is 8.60. The Morgan fingerprint density at radius 3 is 2.64 bits per heavy atom. The van der Waals surface area contributed by atoms with Crippen LogP contribution in [-0.4, -0.2) is 42.2 Å². The van der Waals surface area contributed by atoms with Gasteiger partial charge in [-0.05, 0) is 49.4 Å². The fourth-order valence-corrected chi connectivity index (χ4v) is 2.70. The van der Waals surface area contributed by atoms with Crippen molar-refractivity contribution in [3.05, 3.63) is 65.5 Å². The first-order valence-electron chi connectivity index (χ1n) is 7.99. The lowest BCUT2D eigenvalue weighted by atomic mass is 10.0. The van der Waals surface area contributed by atoms with E-state index in [1.807, 2.05) is 31.2 Å². The van der Waals surface area contributed by atoms with Crippen molar-refractivity contribution in [2.45, 2.75) is 19.1 Å². The summed E-state index contributed by atoms with van der Waals surface area (Å²) in [5, 5.41) is 10.2. The van der Waals surface area contributed by atoms with Crippen LogP contribution in [0.25, 0.3) is 0 Å². The van der Waals surface area contributed by atoms with E-state index >= 15 is 0 Å². The van der Waals surface area contributed by atoms with Crippen LogP contribution >= 0.6 is 0 Å². The summed E-state index contributed by atoms with van der Waals surface area (Å²) in [6, 6.07) is 12.4. The molecule has 2 aromatic rings. The van der Waals surface area contributed by atoms with Crippen molar-refractivity contribution in [2.24, 2.45) is 5.73 Å². The van der Waals surface area contributed by atoms with Gasteiger partial charge in [0, 0.05) is 6.54 Å². The summed E-state index contributed by atoms with van der Waals surface area (Å²) in [7, 11) is 1.65. The van der Waals surface area contributed by atoms with Gasteiger partial charge in [-0.3, -0.25) is 9.69 Å². The van der Waals surface area contributed by atoms with Crippen LogP contribution in [0.5, 0.6) is 5.75 Å². The highest BCUT2D eigenvalue weighted by molar-refractivity contribution is 5.81. The number of amides is 1. The lowest BCUT2D eigenvalue weighted by molar-refractivity contribution is -0.123. The molecule has 0 aliphatic carbocycles. The summed E-state index contributed by atoms with van der Waals surface area (Å²) in [5.74, 6) is -0.390. The third-order valence-corrected chi connectivity index (χ3v) is 3.81. The fraction of sp³-hybridized carbons (Fsp3) is 0.316. The highest BCUT2D eigenvalue weighted by atomic mass is 19.1. The average Bonchev–Trinajstić information content (AvgIpc) is 2.53. The van der Waals surface area contributed by atoms with Gasteiger partial charge in [0.25, 0.3) is 0 Å². The largest absolute Gasteiger partial charge is 0.491 e. The topological polar surface area (TPSA) is 75.8 Å². The quantitative estimate of drug-likeness (QED) is 0.767. The van der Waals surface area contributed by atoms with Crippen LogP contribution in [-0.2, 0) is 4.79 Å². The van der Waals surface area contributed by atoms with Gasteiger partial charge in [0.2, 0.25) is 5.91 Å². The number of halogens is 1. The monoisotopic (exact) mass is 346 g/mol. The Hall–Kier alpha value is -2.44. The molecule has 2 rings (SSSR count). The van der Waals surface area contributed by atoms with Gasteiger partial charge in [0.05, 0.1) is 0 Å². The van der Waals surface area contributed by atoms with Crippen LogP contribution < -0.4 is 10.5 Å². The lowest BCUT2D eigenvalue weighted by Crippen LogP contribution is -2.41. The normalized spacial score (nSPS) is 13.5. The Kier molecular flexibility index (Phi) is 6.50. The molecule has 0 saturated carbocycles. The van der Waals surface area contributed by atoms with Crippen molar-refractivity contribution in [3.8, 4) is 5.75 Å². The van der Waals surface area contributed by atoms with E-state index in [1.165, 1.54) is 18.2 Å². The first-order valence-corrected chi connectivity index (χ1v) is 7.99. The minimum atomic E-state index is -0.832. The van der Waals surface area contributed by atoms with Crippen LogP contribution in [0.15, 0.2) is 48.5 Å². The molecule has 0 saturated heterocycles. The van der Waals surface area contributed by atoms with Gasteiger partial charge >= 0.3 is 0 Å². The lowest BCUT2D eigenvalue weighted by Gasteiger charge is -2.28. The fourth-order valence-electron chi connectivity index (χ4n) is 2.70. The maximum absolute atomic E-state index is 13.4. The minimum absolute atomic E-state index is 0.0719. The van der Waals surface area contributed by atoms with Crippen LogP contribution in [0.4, 0.5) is 4.39 Å². The maximum Gasteiger partial charge on any atom is 0.239 e. The van der Waals surface area contributed by atoms with Gasteiger partial charge in [-0.1, -0.05) is 24.3 Å². The zero-order chi connectivity index (χ0) is 18.4. The SMILES string of the molecule is Cc1cccc(OCC(O)CN(C)C(C(N)=O)c2cccc(F)c2)c1. The number of hydrogen-bond acceptors (Lipinski definition) is 4. The third-order valence-electron chi connectivity index (χ3n) is 3.81. The number of carbonyl (C=O) groups excluding carboxylic acids is 1. The summed E-state index contributed by atoms with van der Waals surface area (Å²) in [5.41, 5.74) is 6.97. The molecule has 0 aliphatic rings. The van der Waals surface area contributed by atoms with Crippen molar-refractivity contribution in [1.29, 1.82) is 0 Å². The predicted molar refractivity (Wildman–Crippen MR) is 93.6 cm³/mol. The number of nitrogens with zero attached hydrogens (tertiary/aromatic N) is 1. The molecular weight excluding hydrogens is 323 g/mol. The number of aliphatic hydroxyl groups is 1. The Balaban J connectivity index is 1.98. The number of carbonyl (C=O) groups is 1. The highest BCUT2D eigenvalue weighted by Gasteiger charge is 2.25. The summed E-state index contributed by atoms with van der Waals surface area (Å²) >= 11 is 0. The van der Waals surface area contributed by atoms with Crippen LogP contribution in [0.2, 0.25) is 0 Å². The van der Waals surface area contributed by atoms with Crippen molar-refractivity contribution in [1.82, 2.24) is 4.90 Å². The van der Waals surface area contributed by atoms with Gasteiger partial charge < -0.3 is 15.6 Å². The Labute approximate surface area is 146 Å². The number of aryl methyl sites for hydroxylation is 1. The molecule has 0 fully saturated rings. The predicted octanol–water partition coefficient (Wildman–Crippen LogP) is 2.03. The molecule has 6 heteroatoms. The summed E-state index contributed by atoms with van der Waals surface area (Å²) in [6.45, 7) is 2.17. The number of ether oxygens (including phenoxy) is 1. The maximum atomic E-state index is 13.4. The van der Waals surface area contributed by atoms with Gasteiger partial charge in [-0.25, -0.2) is 4.39 Å². The van der Waals surface area contributed by atoms with Crippen LogP contribution in [0.3, 0.4) is 0 Å². The number of aliphatic hydroxyl groups excluding tert-OH is 1. The van der Waals surface area contributed by atoms with E-state index in [4.69, 9.17) is 10.5 Å². The van der Waals surface area contributed by atoms with Crippen LogP contribution in [0, 0.1) is 12.7 Å². The number of likely N-dealkylation sites (N-methyl/N-ethyl adjacent to an activating group) is 1. The summed E-state index contributed by atoms with van der Waals surface area (Å²) in [6.07, 6.45) is -0.832. The van der Waals surface area contributed by atoms with E-state index < -0.39 is 23.9 Å². The molecule has 134 valence electrons. The molecule has 5 nitrogen and oxygen atoms in total. The van der Waals surface area contributed by atoms with E-state index in [-0.39, 0.29) is 13.2 Å². The average molecular weight is 346 g/mol. The summed E-state index contributed by atoms with van der Waals surface area (Å²) < 4.78 is 19.0. The Bertz CT molecular complexity index is 723. The molecule has 2 aromatic carbocycles. The Morgan fingerprint density at radius 1 is 1.28 bits per heavy atom. The van der Waals surface area contributed by atoms with Gasteiger partial charge in [0.15, 0.2) is 0 Å². The van der Waals surface area contributed by atoms with E-state index in [9.17, 15) is 14.3 Å². The van der Waals surface area contributed by atoms with Crippen molar-refractivity contribution in [2.75, 3.05) is 20.2 Å². The second-order valence-electron chi connectivity index (χ2n) is 6.08. The minimum Gasteiger partial charge on any atom is -0.491 e. The standard InChI is InChI=1S/C19H23FN2O3/c1-13-5-3-8-17(9-13)25-12-16(23)11-22(2)18(19(21)24)14-6-4-7-15(20)10-14/h3-10,16,18,23H,11-12H2,1-2H3,(H2,21,24). The molecule has 25 heavy (non-hydrogen) atoms. The van der Waals surface area contributed by atoms with E-state index in [0.717, 1.165) is 5.56 Å². The molecule has 0 bridgehead atoms. The van der Waals surface area contributed by atoms with Crippen molar-refractivity contribution in [3.63, 3.8) is 0 Å². The smallest absolute Gasteiger partial charge is 0.239 e. The zero-order valence-corrected chi connectivity index (χ0v) is 14.4. The molecule has 2 unspecified atom stereocenters. The number of hydrogen-bond donors (Lipinski definition) is 2. The molecule has 1 amide bonds. The first-order chi connectivity index (χ1) is 11.9. The number of nitrogens with two attached hydrogens (primary N) is 1. The van der Waals surface area contributed by atoms with E-state index in [2.05, 4.69) is 0 Å². The Morgan fingerprint density at radius 2 is 2.00 bits per heavy atom. The molecular formula is C19H23FN2O3. The first kappa shape index (κ1) is 18.9. The molecule has 0 aromatic heterocycles. The molecule has 0 heterocycles. The molecule has 3 N–H and O–H groups in total. The van der Waals surface area contributed by atoms with Gasteiger partial charge in [-0.2, -0.15) is 0 Å². The molecule has 2 atom stereocenters. The highest BCUT2D eigenvalue weighted by Crippen LogP contribution is 2.20. The molecule has 0 aliphatic heterocycles. The number of rotatable bonds is 8. The second-order valence-corrected chi connectivity index (χ2v) is 6.08. The van der Waals surface area contributed by atoms with Gasteiger partial charge in [0.1, 0.15) is 30.3 Å². The van der Waals surface area contributed by atoms with Crippen molar-refractivity contribution < 1.29 is 19.0 Å². The number of benzene rings is 2. The van der Waals surface area contributed by atoms with Crippen molar-refractivity contribution >= 4 is 5.91 Å². The summed E-state index contributed by atoms with van der Waals surface area (Å²) in [4.78, 5) is 13.4. The van der Waals surface area contributed by atoms with E-state index in [1.54, 1.807) is 18.0 Å². The molecule has 0 spiro atoms. The van der Waals surface area contributed by atoms with Crippen LogP contribution in [0.1, 0.15) is 17.2 Å². The molecule has 0 radical (unpaired) electrons. The number of primary amides is 1. The third kappa shape index (κ3) is 5.55.